The quantitative estimate of drug-likeness (QED) is 0.174. The van der Waals surface area contributed by atoms with Crippen molar-refractivity contribution in [1.29, 1.82) is 0 Å². The number of rotatable bonds is 9. The SMILES string of the molecule is CCOc1ccc2nc(NC(=O)CN3CCN(Cc4c(O)c(OC)c(O)c5c4C(=O)OC4C5O[C@H](CO)[C@@H](O)[C@@H]4O)CC3)sc2c1. The Bertz CT molecular complexity index is 1630. The number of piperazine rings is 1. The predicted molar refractivity (Wildman–Crippen MR) is 163 cm³/mol. The van der Waals surface area contributed by atoms with Gasteiger partial charge in [-0.15, -0.1) is 0 Å². The molecule has 248 valence electrons. The molecule has 5 atom stereocenters. The number of thiazole rings is 1. The lowest BCUT2D eigenvalue weighted by Crippen LogP contribution is -2.58. The van der Waals surface area contributed by atoms with Crippen LogP contribution in [0.2, 0.25) is 0 Å². The van der Waals surface area contributed by atoms with Gasteiger partial charge in [-0.2, -0.15) is 0 Å². The van der Waals surface area contributed by atoms with Crippen LogP contribution in [-0.4, -0.2) is 130 Å². The van der Waals surface area contributed by atoms with Crippen LogP contribution in [0.5, 0.6) is 23.0 Å². The van der Waals surface area contributed by atoms with E-state index in [0.717, 1.165) is 16.0 Å². The fourth-order valence-electron chi connectivity index (χ4n) is 6.17. The van der Waals surface area contributed by atoms with Crippen molar-refractivity contribution in [1.82, 2.24) is 14.8 Å². The number of nitrogens with one attached hydrogen (secondary N) is 1. The maximum absolute atomic E-state index is 13.3. The number of ether oxygens (including phenoxy) is 4. The fourth-order valence-corrected chi connectivity index (χ4v) is 7.08. The molecule has 3 aliphatic heterocycles. The van der Waals surface area contributed by atoms with Gasteiger partial charge < -0.3 is 49.8 Å². The number of anilines is 1. The predicted octanol–water partition coefficient (Wildman–Crippen LogP) is 0.564. The maximum atomic E-state index is 13.3. The zero-order chi connectivity index (χ0) is 32.7. The van der Waals surface area contributed by atoms with E-state index in [9.17, 15) is 35.1 Å². The van der Waals surface area contributed by atoms with Crippen molar-refractivity contribution in [2.75, 3.05) is 58.4 Å². The number of methoxy groups -OCH3 is 1. The van der Waals surface area contributed by atoms with E-state index >= 15 is 0 Å². The molecule has 0 spiro atoms. The minimum absolute atomic E-state index is 0.0606. The number of phenolic OH excluding ortho intramolecular Hbond substituents is 2. The molecule has 4 heterocycles. The summed E-state index contributed by atoms with van der Waals surface area (Å²) in [6.45, 7) is 4.06. The van der Waals surface area contributed by atoms with E-state index in [1.807, 2.05) is 34.9 Å². The second-order valence-corrected chi connectivity index (χ2v) is 12.3. The Balaban J connectivity index is 1.14. The highest BCUT2D eigenvalue weighted by molar-refractivity contribution is 7.22. The van der Waals surface area contributed by atoms with E-state index in [1.54, 1.807) is 0 Å². The third kappa shape index (κ3) is 5.92. The average molecular weight is 661 g/mol. The van der Waals surface area contributed by atoms with Crippen LogP contribution in [0.4, 0.5) is 5.13 Å². The summed E-state index contributed by atoms with van der Waals surface area (Å²) < 4.78 is 23.0. The first-order valence-corrected chi connectivity index (χ1v) is 15.7. The van der Waals surface area contributed by atoms with Gasteiger partial charge in [-0.1, -0.05) is 11.3 Å². The number of nitrogens with zero attached hydrogens (tertiary/aromatic N) is 3. The number of carbonyl (C=O) groups is 2. The molecule has 15 nitrogen and oxygen atoms in total. The normalized spacial score (nSPS) is 25.1. The minimum Gasteiger partial charge on any atom is -0.504 e. The molecule has 0 saturated carbocycles. The maximum Gasteiger partial charge on any atom is 0.339 e. The summed E-state index contributed by atoms with van der Waals surface area (Å²) in [5.74, 6) is -1.68. The fraction of sp³-hybridized carbons (Fsp3) is 0.500. The van der Waals surface area contributed by atoms with E-state index < -0.39 is 54.6 Å². The summed E-state index contributed by atoms with van der Waals surface area (Å²) in [6, 6.07) is 5.58. The van der Waals surface area contributed by atoms with Crippen molar-refractivity contribution >= 4 is 38.6 Å². The molecule has 46 heavy (non-hydrogen) atoms. The minimum atomic E-state index is -1.59. The van der Waals surface area contributed by atoms with Crippen LogP contribution in [0.15, 0.2) is 18.2 Å². The van der Waals surface area contributed by atoms with Gasteiger partial charge in [-0.25, -0.2) is 9.78 Å². The molecule has 1 aromatic heterocycles. The number of aliphatic hydroxyl groups excluding tert-OH is 3. The lowest BCUT2D eigenvalue weighted by Gasteiger charge is -2.45. The van der Waals surface area contributed by atoms with Crippen molar-refractivity contribution in [3.63, 3.8) is 0 Å². The number of esters is 1. The highest BCUT2D eigenvalue weighted by atomic mass is 32.1. The third-order valence-electron chi connectivity index (χ3n) is 8.48. The Morgan fingerprint density at radius 1 is 1.13 bits per heavy atom. The van der Waals surface area contributed by atoms with Crippen LogP contribution in [0, 0.1) is 0 Å². The number of carbonyl (C=O) groups excluding carboxylic acids is 2. The molecule has 2 saturated heterocycles. The van der Waals surface area contributed by atoms with E-state index in [-0.39, 0.29) is 41.4 Å². The highest BCUT2D eigenvalue weighted by Gasteiger charge is 2.53. The largest absolute Gasteiger partial charge is 0.504 e. The van der Waals surface area contributed by atoms with E-state index in [2.05, 4.69) is 10.3 Å². The van der Waals surface area contributed by atoms with Crippen LogP contribution < -0.4 is 14.8 Å². The van der Waals surface area contributed by atoms with Crippen molar-refractivity contribution in [3.05, 3.63) is 34.9 Å². The molecule has 0 radical (unpaired) electrons. The molecule has 1 amide bonds. The highest BCUT2D eigenvalue weighted by Crippen LogP contribution is 2.52. The van der Waals surface area contributed by atoms with Gasteiger partial charge in [0.2, 0.25) is 11.7 Å². The molecule has 2 aromatic carbocycles. The first kappa shape index (κ1) is 32.2. The summed E-state index contributed by atoms with van der Waals surface area (Å²) in [6.07, 6.45) is -6.94. The molecule has 16 heteroatoms. The molecule has 2 fully saturated rings. The number of benzene rings is 2. The zero-order valence-electron chi connectivity index (χ0n) is 25.2. The second-order valence-electron chi connectivity index (χ2n) is 11.3. The van der Waals surface area contributed by atoms with Gasteiger partial charge in [0.15, 0.2) is 22.7 Å². The molecule has 3 aromatic rings. The van der Waals surface area contributed by atoms with Crippen LogP contribution in [-0.2, 0) is 20.8 Å². The number of aromatic nitrogens is 1. The Kier molecular flexibility index (Phi) is 9.20. The summed E-state index contributed by atoms with van der Waals surface area (Å²) in [4.78, 5) is 34.6. The Morgan fingerprint density at radius 2 is 1.87 bits per heavy atom. The Morgan fingerprint density at radius 3 is 2.57 bits per heavy atom. The van der Waals surface area contributed by atoms with Gasteiger partial charge in [0.1, 0.15) is 30.2 Å². The topological polar surface area (TPSA) is 204 Å². The van der Waals surface area contributed by atoms with Crippen LogP contribution in [0.3, 0.4) is 0 Å². The van der Waals surface area contributed by atoms with Gasteiger partial charge >= 0.3 is 5.97 Å². The van der Waals surface area contributed by atoms with Crippen molar-refractivity contribution in [2.45, 2.75) is 44.0 Å². The molecular weight excluding hydrogens is 624 g/mol. The van der Waals surface area contributed by atoms with Gasteiger partial charge in [0.25, 0.3) is 0 Å². The number of hydrogen-bond donors (Lipinski definition) is 6. The molecule has 0 bridgehead atoms. The van der Waals surface area contributed by atoms with Crippen LogP contribution in [0.25, 0.3) is 10.2 Å². The standard InChI is InChI=1S/C30H36N4O11S/c1-3-43-14-4-5-16-18(10-14)46-30(31-16)32-19(36)12-34-8-6-33(7-9-34)11-15-20-21(24(39)27(42-2)22(15)37)26-28(45-29(20)41)25(40)23(38)17(13-35)44-26/h4-5,10,17,23,25-26,28,35,37-40H,3,6-9,11-13H2,1-2H3,(H,31,32,36)/t17-,23-,25+,26?,28?/m1/s1. The molecule has 0 aliphatic carbocycles. The van der Waals surface area contributed by atoms with Gasteiger partial charge in [-0.3, -0.25) is 14.6 Å². The Labute approximate surface area is 267 Å². The zero-order valence-corrected chi connectivity index (χ0v) is 26.0. The van der Waals surface area contributed by atoms with E-state index in [1.165, 1.54) is 18.4 Å². The summed E-state index contributed by atoms with van der Waals surface area (Å²) in [5, 5.41) is 56.2. The molecule has 2 unspecified atom stereocenters. The first-order chi connectivity index (χ1) is 22.1. The lowest BCUT2D eigenvalue weighted by molar-refractivity contribution is -0.235. The smallest absolute Gasteiger partial charge is 0.339 e. The van der Waals surface area contributed by atoms with Crippen LogP contribution >= 0.6 is 11.3 Å². The van der Waals surface area contributed by atoms with Crippen molar-refractivity contribution in [3.8, 4) is 23.0 Å². The lowest BCUT2D eigenvalue weighted by atomic mass is 9.84. The van der Waals surface area contributed by atoms with Crippen molar-refractivity contribution in [2.24, 2.45) is 0 Å². The average Bonchev–Trinajstić information content (AvgIpc) is 3.43. The van der Waals surface area contributed by atoms with E-state index in [4.69, 9.17) is 18.9 Å². The Hall–Kier alpha value is -3.77. The number of amides is 1. The number of hydrogen-bond acceptors (Lipinski definition) is 15. The molecule has 6 rings (SSSR count). The number of aromatic hydroxyl groups is 2. The summed E-state index contributed by atoms with van der Waals surface area (Å²) >= 11 is 1.37. The molecule has 6 N–H and O–H groups in total. The first-order valence-electron chi connectivity index (χ1n) is 14.9. The summed E-state index contributed by atoms with van der Waals surface area (Å²) in [7, 11) is 1.25. The van der Waals surface area contributed by atoms with Crippen molar-refractivity contribution < 1.29 is 54.1 Å². The van der Waals surface area contributed by atoms with Gasteiger partial charge in [-0.05, 0) is 25.1 Å². The summed E-state index contributed by atoms with van der Waals surface area (Å²) in [5.41, 5.74) is 0.704. The number of fused-ring (bicyclic) bond motifs is 4. The second kappa shape index (κ2) is 13.2. The number of phenols is 2. The van der Waals surface area contributed by atoms with Crippen LogP contribution in [0.1, 0.15) is 34.5 Å². The van der Waals surface area contributed by atoms with E-state index in [0.29, 0.717) is 37.9 Å². The van der Waals surface area contributed by atoms with Gasteiger partial charge in [0.05, 0.1) is 42.6 Å². The van der Waals surface area contributed by atoms with Gasteiger partial charge in [0, 0.05) is 43.9 Å². The number of aliphatic hydroxyl groups is 3. The molecular formula is C30H36N4O11S. The third-order valence-corrected chi connectivity index (χ3v) is 9.41. The molecule has 3 aliphatic rings. The monoisotopic (exact) mass is 660 g/mol.